The first kappa shape index (κ1) is 18.9. The molecule has 0 saturated carbocycles. The Kier molecular flexibility index (Phi) is 5.75. The molecule has 0 spiro atoms. The molecule has 0 fully saturated rings. The van der Waals surface area contributed by atoms with Crippen LogP contribution in [-0.2, 0) is 9.84 Å². The number of allylic oxidation sites excluding steroid dienone is 1. The Morgan fingerprint density at radius 2 is 1.59 bits per heavy atom. The summed E-state index contributed by atoms with van der Waals surface area (Å²) in [6.45, 7) is 0. The summed E-state index contributed by atoms with van der Waals surface area (Å²) in [5.41, 5.74) is 0.556. The number of sulfone groups is 1. The molecule has 0 atom stereocenters. The smallest absolute Gasteiger partial charge is 0.216 e. The lowest BCUT2D eigenvalue weighted by molar-refractivity contribution is 0.482. The monoisotopic (exact) mass is 439 g/mol. The van der Waals surface area contributed by atoms with Gasteiger partial charge in [0.25, 0.3) is 0 Å². The van der Waals surface area contributed by atoms with Crippen molar-refractivity contribution in [3.05, 3.63) is 93.8 Å². The molecule has 3 aromatic carbocycles. The molecule has 27 heavy (non-hydrogen) atoms. The van der Waals surface area contributed by atoms with E-state index in [1.54, 1.807) is 42.5 Å². The SMILES string of the molecule is N#C/C(=C\c1cccc(Oc2ccccc2)c1)S(=O)(=O)c1ccc(Br)cc1. The second-order valence-electron chi connectivity index (χ2n) is 5.57. The minimum Gasteiger partial charge on any atom is -0.457 e. The van der Waals surface area contributed by atoms with Gasteiger partial charge in [0.05, 0.1) is 4.90 Å². The van der Waals surface area contributed by atoms with Gasteiger partial charge in [-0.2, -0.15) is 5.26 Å². The maximum atomic E-state index is 12.7. The van der Waals surface area contributed by atoms with Gasteiger partial charge in [0, 0.05) is 4.47 Å². The van der Waals surface area contributed by atoms with Crippen LogP contribution in [0.2, 0.25) is 0 Å². The summed E-state index contributed by atoms with van der Waals surface area (Å²) in [7, 11) is -3.90. The molecule has 0 unspecified atom stereocenters. The molecule has 4 nitrogen and oxygen atoms in total. The highest BCUT2D eigenvalue weighted by Gasteiger charge is 2.20. The Bertz CT molecular complexity index is 1120. The number of para-hydroxylation sites is 1. The number of ether oxygens (including phenoxy) is 1. The van der Waals surface area contributed by atoms with Crippen molar-refractivity contribution >= 4 is 31.8 Å². The van der Waals surface area contributed by atoms with E-state index in [9.17, 15) is 13.7 Å². The fourth-order valence-electron chi connectivity index (χ4n) is 2.35. The number of benzene rings is 3. The van der Waals surface area contributed by atoms with Crippen LogP contribution in [0, 0.1) is 11.3 Å². The first-order valence-electron chi connectivity index (χ1n) is 7.94. The van der Waals surface area contributed by atoms with Crippen molar-refractivity contribution < 1.29 is 13.2 Å². The highest BCUT2D eigenvalue weighted by Crippen LogP contribution is 2.26. The average molecular weight is 440 g/mol. The Morgan fingerprint density at radius 3 is 2.26 bits per heavy atom. The Hall–Kier alpha value is -2.88. The molecular weight excluding hydrogens is 426 g/mol. The second kappa shape index (κ2) is 8.21. The lowest BCUT2D eigenvalue weighted by Crippen LogP contribution is -2.03. The zero-order valence-electron chi connectivity index (χ0n) is 14.0. The third-order valence-electron chi connectivity index (χ3n) is 3.66. The summed E-state index contributed by atoms with van der Waals surface area (Å²) >= 11 is 3.27. The van der Waals surface area contributed by atoms with E-state index in [2.05, 4.69) is 15.9 Å². The van der Waals surface area contributed by atoms with E-state index < -0.39 is 9.84 Å². The maximum absolute atomic E-state index is 12.7. The first-order valence-corrected chi connectivity index (χ1v) is 10.2. The summed E-state index contributed by atoms with van der Waals surface area (Å²) in [5, 5.41) is 9.41. The van der Waals surface area contributed by atoms with E-state index in [1.165, 1.54) is 18.2 Å². The van der Waals surface area contributed by atoms with Gasteiger partial charge in [-0.15, -0.1) is 0 Å². The summed E-state index contributed by atoms with van der Waals surface area (Å²) < 4.78 is 31.9. The molecule has 3 rings (SSSR count). The number of halogens is 1. The lowest BCUT2D eigenvalue weighted by Gasteiger charge is -2.07. The molecule has 0 heterocycles. The minimum atomic E-state index is -3.90. The predicted octanol–water partition coefficient (Wildman–Crippen LogP) is 5.58. The minimum absolute atomic E-state index is 0.0650. The molecule has 134 valence electrons. The molecule has 6 heteroatoms. The molecule has 0 N–H and O–H groups in total. The van der Waals surface area contributed by atoms with Gasteiger partial charge < -0.3 is 4.74 Å². The Labute approximate surface area is 166 Å². The van der Waals surface area contributed by atoms with Gasteiger partial charge in [0.1, 0.15) is 22.5 Å². The van der Waals surface area contributed by atoms with Gasteiger partial charge in [-0.1, -0.05) is 46.3 Å². The van der Waals surface area contributed by atoms with Crippen LogP contribution in [0.3, 0.4) is 0 Å². The number of hydrogen-bond acceptors (Lipinski definition) is 4. The zero-order chi connectivity index (χ0) is 19.3. The van der Waals surface area contributed by atoms with Crippen LogP contribution < -0.4 is 4.74 Å². The third kappa shape index (κ3) is 4.64. The van der Waals surface area contributed by atoms with Crippen LogP contribution in [0.1, 0.15) is 5.56 Å². The fourth-order valence-corrected chi connectivity index (χ4v) is 3.78. The third-order valence-corrected chi connectivity index (χ3v) is 5.87. The predicted molar refractivity (Wildman–Crippen MR) is 108 cm³/mol. The van der Waals surface area contributed by atoms with Gasteiger partial charge in [-0.25, -0.2) is 8.42 Å². The van der Waals surface area contributed by atoms with Crippen LogP contribution in [0.15, 0.2) is 93.1 Å². The second-order valence-corrected chi connectivity index (χ2v) is 8.40. The number of hydrogen-bond donors (Lipinski definition) is 0. The van der Waals surface area contributed by atoms with Gasteiger partial charge >= 0.3 is 0 Å². The van der Waals surface area contributed by atoms with Crippen molar-refractivity contribution in [1.82, 2.24) is 0 Å². The quantitative estimate of drug-likeness (QED) is 0.486. The highest BCUT2D eigenvalue weighted by atomic mass is 79.9. The van der Waals surface area contributed by atoms with Crippen LogP contribution >= 0.6 is 15.9 Å². The van der Waals surface area contributed by atoms with Crippen molar-refractivity contribution in [1.29, 1.82) is 5.26 Å². The van der Waals surface area contributed by atoms with Gasteiger partial charge in [0.15, 0.2) is 0 Å². The molecular formula is C21H14BrNO3S. The molecule has 0 saturated heterocycles. The lowest BCUT2D eigenvalue weighted by atomic mass is 10.2. The van der Waals surface area contributed by atoms with Crippen LogP contribution in [0.25, 0.3) is 6.08 Å². The molecule has 0 amide bonds. The molecule has 0 aliphatic rings. The molecule has 0 aliphatic carbocycles. The van der Waals surface area contributed by atoms with Crippen LogP contribution in [0.5, 0.6) is 11.5 Å². The first-order chi connectivity index (χ1) is 13.0. The van der Waals surface area contributed by atoms with Crippen molar-refractivity contribution in [3.8, 4) is 17.6 Å². The Morgan fingerprint density at radius 1 is 0.926 bits per heavy atom. The topological polar surface area (TPSA) is 67.2 Å². The largest absolute Gasteiger partial charge is 0.457 e. The zero-order valence-corrected chi connectivity index (χ0v) is 16.4. The van der Waals surface area contributed by atoms with E-state index in [0.29, 0.717) is 17.1 Å². The summed E-state index contributed by atoms with van der Waals surface area (Å²) in [6.07, 6.45) is 1.34. The van der Waals surface area contributed by atoms with E-state index in [4.69, 9.17) is 4.74 Å². The summed E-state index contributed by atoms with van der Waals surface area (Å²) in [6, 6.07) is 24.1. The van der Waals surface area contributed by atoms with Gasteiger partial charge in [-0.3, -0.25) is 0 Å². The highest BCUT2D eigenvalue weighted by molar-refractivity contribution is 9.10. The normalized spacial score (nSPS) is 11.6. The number of nitrogens with zero attached hydrogens (tertiary/aromatic N) is 1. The molecule has 0 radical (unpaired) electrons. The van der Waals surface area contributed by atoms with Crippen molar-refractivity contribution in [2.45, 2.75) is 4.90 Å². The number of nitriles is 1. The molecule has 0 bridgehead atoms. The maximum Gasteiger partial charge on any atom is 0.216 e. The van der Waals surface area contributed by atoms with Gasteiger partial charge in [-0.05, 0) is 60.2 Å². The molecule has 0 aromatic heterocycles. The van der Waals surface area contributed by atoms with E-state index >= 15 is 0 Å². The summed E-state index contributed by atoms with van der Waals surface area (Å²) in [5.74, 6) is 1.22. The van der Waals surface area contributed by atoms with Crippen molar-refractivity contribution in [2.24, 2.45) is 0 Å². The number of rotatable bonds is 5. The van der Waals surface area contributed by atoms with E-state index in [1.807, 2.05) is 30.3 Å². The van der Waals surface area contributed by atoms with Crippen molar-refractivity contribution in [2.75, 3.05) is 0 Å². The molecule has 3 aromatic rings. The Balaban J connectivity index is 1.93. The van der Waals surface area contributed by atoms with Crippen molar-refractivity contribution in [3.63, 3.8) is 0 Å². The average Bonchev–Trinajstić information content (AvgIpc) is 2.67. The molecule has 0 aliphatic heterocycles. The van der Waals surface area contributed by atoms with Gasteiger partial charge in [0.2, 0.25) is 9.84 Å². The fraction of sp³-hybridized carbons (Fsp3) is 0. The standard InChI is InChI=1S/C21H14BrNO3S/c22-17-9-11-20(12-10-17)27(24,25)21(15-23)14-16-5-4-8-19(13-16)26-18-6-2-1-3-7-18/h1-14H/b21-14+. The van der Waals surface area contributed by atoms with E-state index in [0.717, 1.165) is 4.47 Å². The van der Waals surface area contributed by atoms with Crippen LogP contribution in [-0.4, -0.2) is 8.42 Å². The van der Waals surface area contributed by atoms with E-state index in [-0.39, 0.29) is 9.80 Å². The van der Waals surface area contributed by atoms with Crippen LogP contribution in [0.4, 0.5) is 0 Å². The summed E-state index contributed by atoms with van der Waals surface area (Å²) in [4.78, 5) is -0.267.